The van der Waals surface area contributed by atoms with Crippen LogP contribution >= 0.6 is 0 Å². The van der Waals surface area contributed by atoms with Gasteiger partial charge in [0.25, 0.3) is 0 Å². The first-order valence-electron chi connectivity index (χ1n) is 9.54. The maximum absolute atomic E-state index is 12.6. The molecule has 148 valence electrons. The molecule has 1 aliphatic rings. The number of rotatable bonds is 5. The summed E-state index contributed by atoms with van der Waals surface area (Å²) in [7, 11) is 0. The molecule has 29 heavy (non-hydrogen) atoms. The van der Waals surface area contributed by atoms with Gasteiger partial charge in [0, 0.05) is 37.7 Å². The third-order valence-corrected chi connectivity index (χ3v) is 4.99. The molecule has 1 saturated heterocycles. The zero-order valence-corrected chi connectivity index (χ0v) is 16.4. The van der Waals surface area contributed by atoms with Crippen molar-refractivity contribution < 1.29 is 14.1 Å². The molecule has 1 atom stereocenters. The van der Waals surface area contributed by atoms with Crippen LogP contribution in [-0.4, -0.2) is 28.5 Å². The zero-order valence-electron chi connectivity index (χ0n) is 16.4. The van der Waals surface area contributed by atoms with Crippen molar-refractivity contribution in [3.63, 3.8) is 0 Å². The summed E-state index contributed by atoms with van der Waals surface area (Å²) in [6.07, 6.45) is 0.200. The molecule has 1 unspecified atom stereocenters. The van der Waals surface area contributed by atoms with Crippen LogP contribution in [0.3, 0.4) is 0 Å². The number of carbonyl (C=O) groups excluding carboxylic acids is 2. The molecule has 1 aliphatic heterocycles. The average molecular weight is 390 g/mol. The first-order chi connectivity index (χ1) is 14.0. The molecule has 0 aliphatic carbocycles. The number of hydrogen-bond donors (Lipinski definition) is 1. The van der Waals surface area contributed by atoms with Crippen LogP contribution in [0.25, 0.3) is 11.4 Å². The van der Waals surface area contributed by atoms with Gasteiger partial charge in [0.05, 0.1) is 5.92 Å². The molecule has 0 radical (unpaired) electrons. The molecule has 7 heteroatoms. The largest absolute Gasteiger partial charge is 0.352 e. The Morgan fingerprint density at radius 1 is 1.21 bits per heavy atom. The fourth-order valence-corrected chi connectivity index (χ4v) is 3.52. The Kier molecular flexibility index (Phi) is 5.12. The normalized spacial score (nSPS) is 16.3. The Morgan fingerprint density at radius 3 is 2.79 bits per heavy atom. The first kappa shape index (κ1) is 18.9. The van der Waals surface area contributed by atoms with Gasteiger partial charge < -0.3 is 14.7 Å². The van der Waals surface area contributed by atoms with E-state index in [1.54, 1.807) is 11.8 Å². The van der Waals surface area contributed by atoms with Crippen molar-refractivity contribution in [3.05, 3.63) is 65.5 Å². The van der Waals surface area contributed by atoms with E-state index in [2.05, 4.69) is 15.5 Å². The van der Waals surface area contributed by atoms with E-state index in [1.807, 2.05) is 55.5 Å². The highest BCUT2D eigenvalue weighted by Gasteiger charge is 2.35. The lowest BCUT2D eigenvalue weighted by Gasteiger charge is -2.17. The summed E-state index contributed by atoms with van der Waals surface area (Å²) >= 11 is 0. The highest BCUT2D eigenvalue weighted by Crippen LogP contribution is 2.28. The molecule has 7 nitrogen and oxygen atoms in total. The molecular formula is C22H22N4O3. The summed E-state index contributed by atoms with van der Waals surface area (Å²) in [5.74, 6) is 0.411. The van der Waals surface area contributed by atoms with E-state index in [4.69, 9.17) is 4.52 Å². The van der Waals surface area contributed by atoms with Crippen LogP contribution in [0.5, 0.6) is 0 Å². The summed E-state index contributed by atoms with van der Waals surface area (Å²) < 4.78 is 5.03. The van der Waals surface area contributed by atoms with E-state index in [0.717, 1.165) is 22.4 Å². The van der Waals surface area contributed by atoms with E-state index < -0.39 is 0 Å². The SMILES string of the molecule is Cc1cccc(CNC(=O)C2CC(=O)N(c3cccc(-c4noc(C)n4)c3)C2)c1. The summed E-state index contributed by atoms with van der Waals surface area (Å²) in [5.41, 5.74) is 3.68. The molecular weight excluding hydrogens is 368 g/mol. The lowest BCUT2D eigenvalue weighted by Crippen LogP contribution is -2.32. The Morgan fingerprint density at radius 2 is 2.03 bits per heavy atom. The van der Waals surface area contributed by atoms with Crippen molar-refractivity contribution in [1.29, 1.82) is 0 Å². The molecule has 2 amide bonds. The van der Waals surface area contributed by atoms with Crippen LogP contribution in [0.15, 0.2) is 53.1 Å². The molecule has 1 N–H and O–H groups in total. The second-order valence-corrected chi connectivity index (χ2v) is 7.30. The minimum absolute atomic E-state index is 0.0675. The molecule has 4 rings (SSSR count). The molecule has 2 heterocycles. The highest BCUT2D eigenvalue weighted by atomic mass is 16.5. The van der Waals surface area contributed by atoms with Gasteiger partial charge in [-0.25, -0.2) is 0 Å². The number of amides is 2. The van der Waals surface area contributed by atoms with Crippen LogP contribution in [0.4, 0.5) is 5.69 Å². The molecule has 3 aromatic rings. The monoisotopic (exact) mass is 390 g/mol. The topological polar surface area (TPSA) is 88.3 Å². The van der Waals surface area contributed by atoms with Crippen LogP contribution in [0.2, 0.25) is 0 Å². The molecule has 0 bridgehead atoms. The number of nitrogens with zero attached hydrogens (tertiary/aromatic N) is 3. The maximum atomic E-state index is 12.6. The van der Waals surface area contributed by atoms with E-state index in [-0.39, 0.29) is 24.2 Å². The van der Waals surface area contributed by atoms with E-state index in [1.165, 1.54) is 0 Å². The van der Waals surface area contributed by atoms with Gasteiger partial charge in [-0.3, -0.25) is 9.59 Å². The third kappa shape index (κ3) is 4.18. The predicted octanol–water partition coefficient (Wildman–Crippen LogP) is 3.02. The zero-order chi connectivity index (χ0) is 20.4. The van der Waals surface area contributed by atoms with Crippen molar-refractivity contribution >= 4 is 17.5 Å². The minimum atomic E-state index is -0.372. The van der Waals surface area contributed by atoms with Crippen molar-refractivity contribution in [2.45, 2.75) is 26.8 Å². The van der Waals surface area contributed by atoms with Gasteiger partial charge in [0.1, 0.15) is 0 Å². The molecule has 1 aromatic heterocycles. The van der Waals surface area contributed by atoms with Gasteiger partial charge in [0.2, 0.25) is 23.5 Å². The van der Waals surface area contributed by atoms with Crippen molar-refractivity contribution in [3.8, 4) is 11.4 Å². The lowest BCUT2D eigenvalue weighted by molar-refractivity contribution is -0.126. The Bertz CT molecular complexity index is 1060. The van der Waals surface area contributed by atoms with Crippen LogP contribution < -0.4 is 10.2 Å². The molecule has 1 fully saturated rings. The summed E-state index contributed by atoms with van der Waals surface area (Å²) in [6, 6.07) is 15.4. The standard InChI is InChI=1S/C22H22N4O3/c1-14-5-3-6-16(9-14)12-23-22(28)18-11-20(27)26(13-18)19-8-4-7-17(10-19)21-24-15(2)29-25-21/h3-10,18H,11-13H2,1-2H3,(H,23,28). The Balaban J connectivity index is 1.43. The summed E-state index contributed by atoms with van der Waals surface area (Å²) in [4.78, 5) is 31.0. The summed E-state index contributed by atoms with van der Waals surface area (Å²) in [6.45, 7) is 4.55. The van der Waals surface area contributed by atoms with Crippen molar-refractivity contribution in [1.82, 2.24) is 15.5 Å². The second kappa shape index (κ2) is 7.87. The van der Waals surface area contributed by atoms with Gasteiger partial charge >= 0.3 is 0 Å². The smallest absolute Gasteiger partial charge is 0.227 e. The summed E-state index contributed by atoms with van der Waals surface area (Å²) in [5, 5.41) is 6.87. The average Bonchev–Trinajstić information content (AvgIpc) is 3.32. The Hall–Kier alpha value is -3.48. The number of anilines is 1. The number of carbonyl (C=O) groups is 2. The van der Waals surface area contributed by atoms with Crippen molar-refractivity contribution in [2.24, 2.45) is 5.92 Å². The number of hydrogen-bond acceptors (Lipinski definition) is 5. The quantitative estimate of drug-likeness (QED) is 0.723. The van der Waals surface area contributed by atoms with Crippen LogP contribution in [0, 0.1) is 19.8 Å². The number of aryl methyl sites for hydroxylation is 2. The Labute approximate surface area is 168 Å². The molecule has 0 spiro atoms. The first-order valence-corrected chi connectivity index (χ1v) is 9.54. The number of nitrogens with one attached hydrogen (secondary N) is 1. The van der Waals surface area contributed by atoms with Gasteiger partial charge in [-0.05, 0) is 24.6 Å². The van der Waals surface area contributed by atoms with E-state index >= 15 is 0 Å². The molecule has 0 saturated carbocycles. The fraction of sp³-hybridized carbons (Fsp3) is 0.273. The second-order valence-electron chi connectivity index (χ2n) is 7.30. The van der Waals surface area contributed by atoms with Crippen LogP contribution in [-0.2, 0) is 16.1 Å². The predicted molar refractivity (Wildman–Crippen MR) is 108 cm³/mol. The number of aromatic nitrogens is 2. The lowest BCUT2D eigenvalue weighted by atomic mass is 10.1. The van der Waals surface area contributed by atoms with Gasteiger partial charge in [-0.1, -0.05) is 47.1 Å². The minimum Gasteiger partial charge on any atom is -0.352 e. The number of benzene rings is 2. The van der Waals surface area contributed by atoms with Gasteiger partial charge in [0.15, 0.2) is 0 Å². The van der Waals surface area contributed by atoms with Gasteiger partial charge in [-0.15, -0.1) is 0 Å². The third-order valence-electron chi connectivity index (χ3n) is 4.99. The molecule has 2 aromatic carbocycles. The maximum Gasteiger partial charge on any atom is 0.227 e. The van der Waals surface area contributed by atoms with Crippen molar-refractivity contribution in [2.75, 3.05) is 11.4 Å². The van der Waals surface area contributed by atoms with E-state index in [0.29, 0.717) is 24.8 Å². The van der Waals surface area contributed by atoms with Gasteiger partial charge in [-0.2, -0.15) is 4.98 Å². The van der Waals surface area contributed by atoms with E-state index in [9.17, 15) is 9.59 Å². The fourth-order valence-electron chi connectivity index (χ4n) is 3.52. The van der Waals surface area contributed by atoms with Crippen LogP contribution in [0.1, 0.15) is 23.4 Å². The highest BCUT2D eigenvalue weighted by molar-refractivity contribution is 6.00.